The molecular weight excluding hydrogens is 210 g/mol. The highest BCUT2D eigenvalue weighted by molar-refractivity contribution is 6.04. The number of nitrogens with two attached hydrogens (primary N) is 1. The third-order valence-corrected chi connectivity index (χ3v) is 4.05. The van der Waals surface area contributed by atoms with Gasteiger partial charge in [-0.3, -0.25) is 4.79 Å². The molecule has 0 aliphatic heterocycles. The molecule has 0 saturated heterocycles. The van der Waals surface area contributed by atoms with Crippen molar-refractivity contribution in [2.45, 2.75) is 51.5 Å². The number of hydrogen-bond acceptors (Lipinski definition) is 2. The fourth-order valence-corrected chi connectivity index (χ4v) is 2.68. The van der Waals surface area contributed by atoms with Gasteiger partial charge in [0.2, 0.25) is 0 Å². The van der Waals surface area contributed by atoms with E-state index in [1.54, 1.807) is 0 Å². The molecule has 0 radical (unpaired) electrons. The van der Waals surface area contributed by atoms with E-state index in [9.17, 15) is 4.79 Å². The van der Waals surface area contributed by atoms with Crippen LogP contribution in [0.4, 0.5) is 0 Å². The molecule has 1 aliphatic rings. The second kappa shape index (κ2) is 4.61. The predicted molar refractivity (Wildman–Crippen MR) is 70.2 cm³/mol. The summed E-state index contributed by atoms with van der Waals surface area (Å²) in [6.07, 6.45) is 5.03. The maximum absolute atomic E-state index is 12.6. The molecule has 2 nitrogen and oxygen atoms in total. The van der Waals surface area contributed by atoms with Gasteiger partial charge in [-0.15, -0.1) is 0 Å². The van der Waals surface area contributed by atoms with Crippen molar-refractivity contribution in [3.63, 3.8) is 0 Å². The van der Waals surface area contributed by atoms with Crippen LogP contribution in [0.25, 0.3) is 0 Å². The van der Waals surface area contributed by atoms with Crippen LogP contribution in [0.15, 0.2) is 18.2 Å². The van der Waals surface area contributed by atoms with Gasteiger partial charge in [0, 0.05) is 5.56 Å². The molecule has 2 N–H and O–H groups in total. The fraction of sp³-hybridized carbons (Fsp3) is 0.533. The first kappa shape index (κ1) is 12.3. The number of rotatable bonds is 2. The molecule has 1 aromatic rings. The maximum atomic E-state index is 12.6. The molecule has 0 unspecified atom stereocenters. The number of ketones is 1. The molecule has 1 fully saturated rings. The van der Waals surface area contributed by atoms with Crippen LogP contribution in [0.5, 0.6) is 0 Å². The highest BCUT2D eigenvalue weighted by atomic mass is 16.1. The molecule has 0 heterocycles. The van der Waals surface area contributed by atoms with Gasteiger partial charge in [0.15, 0.2) is 5.78 Å². The van der Waals surface area contributed by atoms with Crippen LogP contribution in [-0.4, -0.2) is 11.3 Å². The highest BCUT2D eigenvalue weighted by Crippen LogP contribution is 2.30. The molecular formula is C15H21NO. The number of carbonyl (C=O) groups is 1. The Morgan fingerprint density at radius 1 is 1.18 bits per heavy atom. The van der Waals surface area contributed by atoms with Crippen LogP contribution in [0.2, 0.25) is 0 Å². The molecule has 0 bridgehead atoms. The lowest BCUT2D eigenvalue weighted by molar-refractivity contribution is 0.0847. The molecule has 1 saturated carbocycles. The third-order valence-electron chi connectivity index (χ3n) is 4.05. The summed E-state index contributed by atoms with van der Waals surface area (Å²) >= 11 is 0. The summed E-state index contributed by atoms with van der Waals surface area (Å²) in [5.74, 6) is 0.137. The van der Waals surface area contributed by atoms with Crippen molar-refractivity contribution in [1.82, 2.24) is 0 Å². The number of hydrogen-bond donors (Lipinski definition) is 1. The highest BCUT2D eigenvalue weighted by Gasteiger charge is 2.36. The number of carbonyl (C=O) groups excluding carboxylic acids is 1. The van der Waals surface area contributed by atoms with Crippen molar-refractivity contribution in [3.05, 3.63) is 34.9 Å². The summed E-state index contributed by atoms with van der Waals surface area (Å²) in [6, 6.07) is 5.89. The first-order chi connectivity index (χ1) is 8.04. The largest absolute Gasteiger partial charge is 0.319 e. The molecule has 0 spiro atoms. The number of Topliss-reactive ketones (excluding diaryl/α,β-unsaturated/α-hetero) is 1. The Labute approximate surface area is 103 Å². The summed E-state index contributed by atoms with van der Waals surface area (Å²) in [4.78, 5) is 12.6. The molecule has 2 heteroatoms. The molecule has 2 rings (SSSR count). The Morgan fingerprint density at radius 2 is 1.82 bits per heavy atom. The van der Waals surface area contributed by atoms with Crippen LogP contribution in [0.3, 0.4) is 0 Å². The minimum absolute atomic E-state index is 0.137. The van der Waals surface area contributed by atoms with E-state index in [1.165, 1.54) is 6.42 Å². The van der Waals surface area contributed by atoms with Gasteiger partial charge < -0.3 is 5.73 Å². The molecule has 92 valence electrons. The lowest BCUT2D eigenvalue weighted by Gasteiger charge is -2.32. The number of benzene rings is 1. The van der Waals surface area contributed by atoms with E-state index in [0.717, 1.165) is 42.4 Å². The van der Waals surface area contributed by atoms with Crippen LogP contribution >= 0.6 is 0 Å². The van der Waals surface area contributed by atoms with Crippen molar-refractivity contribution in [2.75, 3.05) is 0 Å². The van der Waals surface area contributed by atoms with Gasteiger partial charge in [-0.05, 0) is 37.8 Å². The first-order valence-corrected chi connectivity index (χ1v) is 6.44. The number of aryl methyl sites for hydroxylation is 1. The van der Waals surface area contributed by atoms with Crippen molar-refractivity contribution < 1.29 is 4.79 Å². The molecule has 1 aliphatic carbocycles. The van der Waals surface area contributed by atoms with Crippen molar-refractivity contribution in [2.24, 2.45) is 5.73 Å². The monoisotopic (exact) mass is 231 g/mol. The zero-order chi connectivity index (χ0) is 12.5. The van der Waals surface area contributed by atoms with E-state index >= 15 is 0 Å². The van der Waals surface area contributed by atoms with E-state index in [-0.39, 0.29) is 5.78 Å². The van der Waals surface area contributed by atoms with Crippen molar-refractivity contribution in [3.8, 4) is 0 Å². The Morgan fingerprint density at radius 3 is 2.47 bits per heavy atom. The quantitative estimate of drug-likeness (QED) is 0.794. The topological polar surface area (TPSA) is 43.1 Å². The van der Waals surface area contributed by atoms with Gasteiger partial charge >= 0.3 is 0 Å². The Hall–Kier alpha value is -1.15. The van der Waals surface area contributed by atoms with E-state index in [4.69, 9.17) is 5.73 Å². The zero-order valence-corrected chi connectivity index (χ0v) is 10.8. The van der Waals surface area contributed by atoms with Crippen LogP contribution < -0.4 is 5.73 Å². The summed E-state index contributed by atoms with van der Waals surface area (Å²) < 4.78 is 0. The van der Waals surface area contributed by atoms with Gasteiger partial charge in [0.25, 0.3) is 0 Å². The average molecular weight is 231 g/mol. The third kappa shape index (κ3) is 2.27. The summed E-state index contributed by atoms with van der Waals surface area (Å²) in [5.41, 5.74) is 8.74. The molecule has 0 atom stereocenters. The van der Waals surface area contributed by atoms with Gasteiger partial charge in [-0.25, -0.2) is 0 Å². The van der Waals surface area contributed by atoms with Crippen LogP contribution in [0, 0.1) is 13.8 Å². The fourth-order valence-electron chi connectivity index (χ4n) is 2.68. The summed E-state index contributed by atoms with van der Waals surface area (Å²) in [6.45, 7) is 4.05. The van der Waals surface area contributed by atoms with E-state index in [0.29, 0.717) is 0 Å². The van der Waals surface area contributed by atoms with Crippen molar-refractivity contribution >= 4 is 5.78 Å². The average Bonchev–Trinajstić information content (AvgIpc) is 2.33. The maximum Gasteiger partial charge on any atom is 0.182 e. The predicted octanol–water partition coefficient (Wildman–Crippen LogP) is 3.15. The van der Waals surface area contributed by atoms with Gasteiger partial charge in [0.05, 0.1) is 5.54 Å². The van der Waals surface area contributed by atoms with Crippen molar-refractivity contribution in [1.29, 1.82) is 0 Å². The lowest BCUT2D eigenvalue weighted by Crippen LogP contribution is -2.49. The Kier molecular flexibility index (Phi) is 3.34. The van der Waals surface area contributed by atoms with Gasteiger partial charge in [-0.1, -0.05) is 37.5 Å². The van der Waals surface area contributed by atoms with E-state index < -0.39 is 5.54 Å². The van der Waals surface area contributed by atoms with Crippen LogP contribution in [-0.2, 0) is 0 Å². The molecule has 1 aromatic carbocycles. The smallest absolute Gasteiger partial charge is 0.182 e. The molecule has 0 aromatic heterocycles. The van der Waals surface area contributed by atoms with Gasteiger partial charge in [-0.2, -0.15) is 0 Å². The first-order valence-electron chi connectivity index (χ1n) is 6.44. The Bertz CT molecular complexity index is 431. The molecule has 17 heavy (non-hydrogen) atoms. The standard InChI is InChI=1S/C15H21NO/c1-11-7-6-8-13(12(11)2)14(17)15(16)9-4-3-5-10-15/h6-8H,3-5,9-10,16H2,1-2H3. The Balaban J connectivity index is 2.33. The SMILES string of the molecule is Cc1cccc(C(=O)C2(N)CCCCC2)c1C. The minimum Gasteiger partial charge on any atom is -0.319 e. The van der Waals surface area contributed by atoms with E-state index in [1.807, 2.05) is 32.0 Å². The van der Waals surface area contributed by atoms with E-state index in [2.05, 4.69) is 0 Å². The summed E-state index contributed by atoms with van der Waals surface area (Å²) in [7, 11) is 0. The minimum atomic E-state index is -0.614. The summed E-state index contributed by atoms with van der Waals surface area (Å²) in [5, 5.41) is 0. The zero-order valence-electron chi connectivity index (χ0n) is 10.8. The molecule has 0 amide bonds. The van der Waals surface area contributed by atoms with Gasteiger partial charge in [0.1, 0.15) is 0 Å². The lowest BCUT2D eigenvalue weighted by atomic mass is 9.76. The van der Waals surface area contributed by atoms with Crippen LogP contribution in [0.1, 0.15) is 53.6 Å². The normalized spacial score (nSPS) is 19.0. The second-order valence-corrected chi connectivity index (χ2v) is 5.29. The second-order valence-electron chi connectivity index (χ2n) is 5.29.